The van der Waals surface area contributed by atoms with Crippen molar-refractivity contribution in [2.24, 2.45) is 0 Å². The molecule has 0 fully saturated rings. The predicted octanol–water partition coefficient (Wildman–Crippen LogP) is 3.50. The first-order valence-electron chi connectivity index (χ1n) is 5.43. The molecule has 0 spiro atoms. The quantitative estimate of drug-likeness (QED) is 0.845. The van der Waals surface area contributed by atoms with E-state index >= 15 is 0 Å². The summed E-state index contributed by atoms with van der Waals surface area (Å²) in [5.41, 5.74) is 0. The Morgan fingerprint density at radius 2 is 2.00 bits per heavy atom. The Balaban J connectivity index is 2.47. The number of ether oxygens (including phenoxy) is 1. The van der Waals surface area contributed by atoms with Gasteiger partial charge in [-0.15, -0.1) is 11.6 Å². The van der Waals surface area contributed by atoms with Gasteiger partial charge in [-0.1, -0.05) is 23.2 Å². The smallest absolute Gasteiger partial charge is 0.237 e. The minimum absolute atomic E-state index is 0.193. The summed E-state index contributed by atoms with van der Waals surface area (Å²) in [6, 6.07) is 5.01. The number of hydrogen-bond acceptors (Lipinski definition) is 2. The summed E-state index contributed by atoms with van der Waals surface area (Å²) < 4.78 is 5.58. The molecule has 0 aliphatic heterocycles. The van der Waals surface area contributed by atoms with E-state index in [1.165, 1.54) is 0 Å². The third-order valence-corrected chi connectivity index (χ3v) is 3.09. The number of hydrogen-bond donors (Lipinski definition) is 1. The monoisotopic (exact) mass is 309 g/mol. The van der Waals surface area contributed by atoms with E-state index in [1.54, 1.807) is 25.1 Å². The molecule has 0 aliphatic rings. The molecule has 0 heterocycles. The SMILES string of the molecule is CC(CNC(=O)C(C)Cl)Oc1ccc(Cl)c(Cl)c1. The number of carbonyl (C=O) groups excluding carboxylic acids is 1. The van der Waals surface area contributed by atoms with E-state index in [0.717, 1.165) is 0 Å². The fraction of sp³-hybridized carbons (Fsp3) is 0.417. The molecule has 0 saturated carbocycles. The van der Waals surface area contributed by atoms with Crippen LogP contribution in [-0.2, 0) is 4.79 Å². The first-order chi connectivity index (χ1) is 8.40. The van der Waals surface area contributed by atoms with Crippen LogP contribution >= 0.6 is 34.8 Å². The van der Waals surface area contributed by atoms with Gasteiger partial charge in [-0.3, -0.25) is 4.79 Å². The standard InChI is InChI=1S/C12H14Cl3NO2/c1-7(6-16-12(17)8(2)13)18-9-3-4-10(14)11(15)5-9/h3-5,7-8H,6H2,1-2H3,(H,16,17). The molecule has 0 aliphatic carbocycles. The number of benzene rings is 1. The zero-order valence-corrected chi connectivity index (χ0v) is 12.3. The van der Waals surface area contributed by atoms with Gasteiger partial charge in [0.2, 0.25) is 5.91 Å². The van der Waals surface area contributed by atoms with Crippen molar-refractivity contribution in [3.05, 3.63) is 28.2 Å². The topological polar surface area (TPSA) is 38.3 Å². The molecule has 1 rings (SSSR count). The van der Waals surface area contributed by atoms with E-state index in [4.69, 9.17) is 39.5 Å². The van der Waals surface area contributed by atoms with Crippen LogP contribution in [0, 0.1) is 0 Å². The molecule has 1 N–H and O–H groups in total. The third-order valence-electron chi connectivity index (χ3n) is 2.15. The van der Waals surface area contributed by atoms with E-state index < -0.39 is 5.38 Å². The lowest BCUT2D eigenvalue weighted by Crippen LogP contribution is -2.36. The highest BCUT2D eigenvalue weighted by molar-refractivity contribution is 6.42. The molecule has 0 bridgehead atoms. The van der Waals surface area contributed by atoms with Gasteiger partial charge in [-0.2, -0.15) is 0 Å². The van der Waals surface area contributed by atoms with Gasteiger partial charge in [-0.25, -0.2) is 0 Å². The van der Waals surface area contributed by atoms with Crippen molar-refractivity contribution in [1.82, 2.24) is 5.32 Å². The Kier molecular flexibility index (Phi) is 6.06. The molecule has 6 heteroatoms. The van der Waals surface area contributed by atoms with Crippen LogP contribution < -0.4 is 10.1 Å². The normalized spacial score (nSPS) is 13.8. The van der Waals surface area contributed by atoms with Crippen LogP contribution in [0.3, 0.4) is 0 Å². The summed E-state index contributed by atoms with van der Waals surface area (Å²) in [7, 11) is 0. The Morgan fingerprint density at radius 3 is 2.56 bits per heavy atom. The Morgan fingerprint density at radius 1 is 1.33 bits per heavy atom. The number of halogens is 3. The van der Waals surface area contributed by atoms with E-state index in [2.05, 4.69) is 5.32 Å². The van der Waals surface area contributed by atoms with Gasteiger partial charge < -0.3 is 10.1 Å². The summed E-state index contributed by atoms with van der Waals surface area (Å²) >= 11 is 17.3. The zero-order chi connectivity index (χ0) is 13.7. The largest absolute Gasteiger partial charge is 0.489 e. The number of alkyl halides is 1. The van der Waals surface area contributed by atoms with Crippen LogP contribution in [0.5, 0.6) is 5.75 Å². The van der Waals surface area contributed by atoms with Crippen LogP contribution in [0.2, 0.25) is 10.0 Å². The van der Waals surface area contributed by atoms with Crippen LogP contribution in [0.25, 0.3) is 0 Å². The molecule has 100 valence electrons. The summed E-state index contributed by atoms with van der Waals surface area (Å²) in [6.07, 6.45) is -0.193. The first kappa shape index (κ1) is 15.4. The summed E-state index contributed by atoms with van der Waals surface area (Å²) in [5, 5.41) is 3.02. The van der Waals surface area contributed by atoms with Crippen molar-refractivity contribution in [1.29, 1.82) is 0 Å². The molecule has 2 atom stereocenters. The summed E-state index contributed by atoms with van der Waals surface area (Å²) in [5.74, 6) is 0.381. The maximum absolute atomic E-state index is 11.3. The van der Waals surface area contributed by atoms with Gasteiger partial charge in [0, 0.05) is 6.07 Å². The Hall–Kier alpha value is -0.640. The number of carbonyl (C=O) groups is 1. The van der Waals surface area contributed by atoms with E-state index in [0.29, 0.717) is 22.3 Å². The molecule has 0 saturated heterocycles. The maximum atomic E-state index is 11.3. The van der Waals surface area contributed by atoms with Crippen molar-refractivity contribution in [2.75, 3.05) is 6.54 Å². The second-order valence-corrected chi connectivity index (χ2v) is 5.33. The molecule has 1 amide bonds. The van der Waals surface area contributed by atoms with Crippen molar-refractivity contribution in [3.63, 3.8) is 0 Å². The lowest BCUT2D eigenvalue weighted by atomic mass is 10.3. The fourth-order valence-electron chi connectivity index (χ4n) is 1.21. The zero-order valence-electron chi connectivity index (χ0n) is 10.0. The Labute approximate surface area is 121 Å². The predicted molar refractivity (Wildman–Crippen MR) is 74.9 cm³/mol. The lowest BCUT2D eigenvalue weighted by molar-refractivity contribution is -0.120. The minimum atomic E-state index is -0.554. The average Bonchev–Trinajstić information content (AvgIpc) is 2.30. The van der Waals surface area contributed by atoms with E-state index in [1.807, 2.05) is 6.92 Å². The Bertz CT molecular complexity index is 424. The second kappa shape index (κ2) is 7.07. The van der Waals surface area contributed by atoms with Gasteiger partial charge in [-0.05, 0) is 26.0 Å². The van der Waals surface area contributed by atoms with Gasteiger partial charge in [0.05, 0.1) is 16.6 Å². The minimum Gasteiger partial charge on any atom is -0.489 e. The van der Waals surface area contributed by atoms with Gasteiger partial charge in [0.1, 0.15) is 17.2 Å². The summed E-state index contributed by atoms with van der Waals surface area (Å²) in [4.78, 5) is 11.3. The second-order valence-electron chi connectivity index (χ2n) is 3.87. The first-order valence-corrected chi connectivity index (χ1v) is 6.63. The van der Waals surface area contributed by atoms with Crippen molar-refractivity contribution >= 4 is 40.7 Å². The highest BCUT2D eigenvalue weighted by Crippen LogP contribution is 2.26. The van der Waals surface area contributed by atoms with Gasteiger partial charge in [0.25, 0.3) is 0 Å². The fourth-order valence-corrected chi connectivity index (χ4v) is 1.57. The molecule has 0 radical (unpaired) electrons. The molecular weight excluding hydrogens is 296 g/mol. The van der Waals surface area contributed by atoms with Crippen LogP contribution in [-0.4, -0.2) is 23.9 Å². The van der Waals surface area contributed by atoms with Crippen LogP contribution in [0.1, 0.15) is 13.8 Å². The molecule has 2 unspecified atom stereocenters. The molecule has 3 nitrogen and oxygen atoms in total. The van der Waals surface area contributed by atoms with Crippen molar-refractivity contribution < 1.29 is 9.53 Å². The molecule has 0 aromatic heterocycles. The van der Waals surface area contributed by atoms with Crippen molar-refractivity contribution in [2.45, 2.75) is 25.3 Å². The number of nitrogens with one attached hydrogen (secondary N) is 1. The highest BCUT2D eigenvalue weighted by Gasteiger charge is 2.11. The molecule has 18 heavy (non-hydrogen) atoms. The lowest BCUT2D eigenvalue weighted by Gasteiger charge is -2.16. The number of amides is 1. The van der Waals surface area contributed by atoms with Crippen molar-refractivity contribution in [3.8, 4) is 5.75 Å². The molecule has 1 aromatic carbocycles. The van der Waals surface area contributed by atoms with Gasteiger partial charge >= 0.3 is 0 Å². The summed E-state index contributed by atoms with van der Waals surface area (Å²) in [6.45, 7) is 3.82. The molecule has 1 aromatic rings. The number of rotatable bonds is 5. The van der Waals surface area contributed by atoms with Crippen LogP contribution in [0.15, 0.2) is 18.2 Å². The van der Waals surface area contributed by atoms with E-state index in [9.17, 15) is 4.79 Å². The van der Waals surface area contributed by atoms with E-state index in [-0.39, 0.29) is 12.0 Å². The highest BCUT2D eigenvalue weighted by atomic mass is 35.5. The maximum Gasteiger partial charge on any atom is 0.237 e. The third kappa shape index (κ3) is 4.92. The van der Waals surface area contributed by atoms with Gasteiger partial charge in [0.15, 0.2) is 0 Å². The molecular formula is C12H14Cl3NO2. The average molecular weight is 311 g/mol. The van der Waals surface area contributed by atoms with Crippen LogP contribution in [0.4, 0.5) is 0 Å².